The summed E-state index contributed by atoms with van der Waals surface area (Å²) in [5.41, 5.74) is 9.19. The van der Waals surface area contributed by atoms with Crippen molar-refractivity contribution in [1.82, 2.24) is 0 Å². The molecule has 0 aliphatic heterocycles. The fraction of sp³-hybridized carbons (Fsp3) is 0.0769. The number of benzene rings is 2. The molecule has 0 spiro atoms. The summed E-state index contributed by atoms with van der Waals surface area (Å²) >= 11 is 0. The molecule has 28 heavy (non-hydrogen) atoms. The number of hydrogen-bond acceptors (Lipinski definition) is 2. The highest BCUT2D eigenvalue weighted by molar-refractivity contribution is 5.87. The molecule has 0 amide bonds. The minimum absolute atomic E-state index is 1.10. The molecule has 0 saturated carbocycles. The first-order valence-corrected chi connectivity index (χ1v) is 9.32. The number of hydrogen-bond donors (Lipinski definition) is 0. The van der Waals surface area contributed by atoms with Crippen LogP contribution in [-0.2, 0) is 0 Å². The number of aryl methyl sites for hydroxylation is 2. The van der Waals surface area contributed by atoms with E-state index in [0.29, 0.717) is 0 Å². The van der Waals surface area contributed by atoms with Crippen LogP contribution in [0.25, 0.3) is 35.4 Å². The van der Waals surface area contributed by atoms with Gasteiger partial charge in [0.1, 0.15) is 0 Å². The van der Waals surface area contributed by atoms with Gasteiger partial charge in [0, 0.05) is 11.1 Å². The quantitative estimate of drug-likeness (QED) is 0.365. The van der Waals surface area contributed by atoms with Gasteiger partial charge in [0.25, 0.3) is 0 Å². The minimum atomic E-state index is 1.10. The van der Waals surface area contributed by atoms with Gasteiger partial charge in [-0.15, -0.1) is 0 Å². The fourth-order valence-corrected chi connectivity index (χ4v) is 3.22. The van der Waals surface area contributed by atoms with Crippen molar-refractivity contribution in [3.8, 4) is 11.1 Å². The maximum atomic E-state index is 5.28. The topological polar surface area (TPSA) is 26.3 Å². The second-order valence-electron chi connectivity index (χ2n) is 6.86. The van der Waals surface area contributed by atoms with Crippen LogP contribution < -0.4 is 0 Å². The summed E-state index contributed by atoms with van der Waals surface area (Å²) in [6.07, 6.45) is 15.6. The maximum absolute atomic E-state index is 5.28. The molecule has 0 fully saturated rings. The summed E-state index contributed by atoms with van der Waals surface area (Å²) in [6.45, 7) is 4.10. The molecule has 0 aliphatic carbocycles. The lowest BCUT2D eigenvalue weighted by atomic mass is 9.94. The summed E-state index contributed by atoms with van der Waals surface area (Å²) < 4.78 is 10.6. The van der Waals surface area contributed by atoms with Crippen LogP contribution in [0, 0.1) is 13.8 Å². The van der Waals surface area contributed by atoms with Gasteiger partial charge in [0.2, 0.25) is 0 Å². The Hall–Kier alpha value is -3.52. The number of furan rings is 2. The van der Waals surface area contributed by atoms with E-state index in [-0.39, 0.29) is 0 Å². The lowest BCUT2D eigenvalue weighted by molar-refractivity contribution is 0.565. The molecule has 2 heterocycles. The third-order valence-corrected chi connectivity index (χ3v) is 4.89. The standard InChI is InChI=1S/C26H22O2/c1-19-15-27-17-23(19)13-11-21-7-3-5-9-25(21)26-10-6-4-8-22(26)12-14-24-18-28-16-20(24)2/h3-18H,1-2H3. The Morgan fingerprint density at radius 1 is 0.500 bits per heavy atom. The Balaban J connectivity index is 1.72. The van der Waals surface area contributed by atoms with Crippen molar-refractivity contribution in [2.45, 2.75) is 13.8 Å². The second kappa shape index (κ2) is 8.01. The Morgan fingerprint density at radius 2 is 0.893 bits per heavy atom. The minimum Gasteiger partial charge on any atom is -0.472 e. The van der Waals surface area contributed by atoms with Gasteiger partial charge in [-0.05, 0) is 47.2 Å². The highest BCUT2D eigenvalue weighted by atomic mass is 16.3. The molecular weight excluding hydrogens is 344 g/mol. The molecule has 0 atom stereocenters. The van der Waals surface area contributed by atoms with Crippen LogP contribution in [-0.4, -0.2) is 0 Å². The van der Waals surface area contributed by atoms with E-state index in [0.717, 1.165) is 22.3 Å². The van der Waals surface area contributed by atoms with Crippen molar-refractivity contribution >= 4 is 24.3 Å². The Kier molecular flexibility index (Phi) is 5.11. The Bertz CT molecular complexity index is 1050. The third-order valence-electron chi connectivity index (χ3n) is 4.89. The predicted molar refractivity (Wildman–Crippen MR) is 117 cm³/mol. The summed E-state index contributed by atoms with van der Waals surface area (Å²) in [6, 6.07) is 16.9. The molecule has 4 rings (SSSR count). The van der Waals surface area contributed by atoms with Gasteiger partial charge in [0.15, 0.2) is 0 Å². The Morgan fingerprint density at radius 3 is 1.29 bits per heavy atom. The van der Waals surface area contributed by atoms with Gasteiger partial charge in [-0.3, -0.25) is 0 Å². The van der Waals surface area contributed by atoms with Crippen LogP contribution in [0.4, 0.5) is 0 Å². The molecule has 0 bridgehead atoms. The van der Waals surface area contributed by atoms with Crippen molar-refractivity contribution in [3.63, 3.8) is 0 Å². The maximum Gasteiger partial charge on any atom is 0.0977 e. The second-order valence-corrected chi connectivity index (χ2v) is 6.86. The molecule has 4 aromatic rings. The van der Waals surface area contributed by atoms with Crippen molar-refractivity contribution in [2.75, 3.05) is 0 Å². The van der Waals surface area contributed by atoms with E-state index in [9.17, 15) is 0 Å². The van der Waals surface area contributed by atoms with Crippen LogP contribution in [0.5, 0.6) is 0 Å². The van der Waals surface area contributed by atoms with Crippen LogP contribution in [0.2, 0.25) is 0 Å². The highest BCUT2D eigenvalue weighted by Crippen LogP contribution is 2.30. The molecule has 0 radical (unpaired) electrons. The van der Waals surface area contributed by atoms with Gasteiger partial charge in [-0.25, -0.2) is 0 Å². The zero-order valence-electron chi connectivity index (χ0n) is 16.1. The lowest BCUT2D eigenvalue weighted by Gasteiger charge is -2.10. The van der Waals surface area contributed by atoms with Gasteiger partial charge < -0.3 is 8.83 Å². The monoisotopic (exact) mass is 366 g/mol. The van der Waals surface area contributed by atoms with Gasteiger partial charge in [0.05, 0.1) is 25.1 Å². The highest BCUT2D eigenvalue weighted by Gasteiger charge is 2.07. The molecule has 0 aliphatic rings. The smallest absolute Gasteiger partial charge is 0.0977 e. The van der Waals surface area contributed by atoms with Crippen LogP contribution in [0.1, 0.15) is 33.4 Å². The summed E-state index contributed by atoms with van der Waals surface area (Å²) in [5, 5.41) is 0. The molecule has 0 saturated heterocycles. The molecular formula is C26H22O2. The first-order valence-electron chi connectivity index (χ1n) is 9.32. The van der Waals surface area contributed by atoms with E-state index in [1.54, 1.807) is 25.1 Å². The zero-order chi connectivity index (χ0) is 19.3. The van der Waals surface area contributed by atoms with E-state index in [4.69, 9.17) is 8.83 Å². The van der Waals surface area contributed by atoms with Crippen LogP contribution in [0.3, 0.4) is 0 Å². The molecule has 138 valence electrons. The van der Waals surface area contributed by atoms with Crippen molar-refractivity contribution in [3.05, 3.63) is 107 Å². The molecule has 0 N–H and O–H groups in total. The zero-order valence-corrected chi connectivity index (χ0v) is 16.1. The molecule has 2 nitrogen and oxygen atoms in total. The number of rotatable bonds is 5. The van der Waals surface area contributed by atoms with E-state index in [2.05, 4.69) is 72.8 Å². The molecule has 0 unspecified atom stereocenters. The fourth-order valence-electron chi connectivity index (χ4n) is 3.22. The van der Waals surface area contributed by atoms with Crippen molar-refractivity contribution in [1.29, 1.82) is 0 Å². The summed E-state index contributed by atoms with van der Waals surface area (Å²) in [7, 11) is 0. The molecule has 2 aromatic heterocycles. The SMILES string of the molecule is Cc1cocc1C=Cc1ccccc1-c1ccccc1C=Cc1cocc1C. The summed E-state index contributed by atoms with van der Waals surface area (Å²) in [5.74, 6) is 0. The normalized spacial score (nSPS) is 11.6. The Labute approximate surface area is 165 Å². The van der Waals surface area contributed by atoms with E-state index in [1.807, 2.05) is 13.8 Å². The van der Waals surface area contributed by atoms with Crippen LogP contribution in [0.15, 0.2) is 82.4 Å². The van der Waals surface area contributed by atoms with Gasteiger partial charge in [-0.1, -0.05) is 72.8 Å². The van der Waals surface area contributed by atoms with E-state index >= 15 is 0 Å². The first kappa shape index (κ1) is 17.9. The van der Waals surface area contributed by atoms with Crippen molar-refractivity contribution < 1.29 is 8.83 Å². The van der Waals surface area contributed by atoms with E-state index in [1.165, 1.54) is 22.3 Å². The average Bonchev–Trinajstić information content (AvgIpc) is 3.33. The van der Waals surface area contributed by atoms with Crippen molar-refractivity contribution in [2.24, 2.45) is 0 Å². The van der Waals surface area contributed by atoms with Gasteiger partial charge in [-0.2, -0.15) is 0 Å². The first-order chi connectivity index (χ1) is 13.7. The average molecular weight is 366 g/mol. The third kappa shape index (κ3) is 3.77. The predicted octanol–water partition coefficient (Wildman–Crippen LogP) is 7.50. The largest absolute Gasteiger partial charge is 0.472 e. The summed E-state index contributed by atoms with van der Waals surface area (Å²) in [4.78, 5) is 0. The molecule has 2 heteroatoms. The lowest BCUT2D eigenvalue weighted by Crippen LogP contribution is -1.87. The van der Waals surface area contributed by atoms with E-state index < -0.39 is 0 Å². The molecule has 2 aromatic carbocycles. The van der Waals surface area contributed by atoms with Gasteiger partial charge >= 0.3 is 0 Å². The van der Waals surface area contributed by atoms with Crippen LogP contribution >= 0.6 is 0 Å².